The van der Waals surface area contributed by atoms with Gasteiger partial charge < -0.3 is 0 Å². The zero-order valence-corrected chi connectivity index (χ0v) is 9.72. The molecule has 0 fully saturated rings. The molecule has 0 aliphatic rings. The van der Waals surface area contributed by atoms with Crippen molar-refractivity contribution in [2.45, 2.75) is 0 Å². The second-order valence-electron chi connectivity index (χ2n) is 2.57. The molecule has 0 amide bonds. The highest BCUT2D eigenvalue weighted by molar-refractivity contribution is 6.38. The Morgan fingerprint density at radius 1 is 0.769 bits per heavy atom. The quantitative estimate of drug-likeness (QED) is 0.606. The van der Waals surface area contributed by atoms with E-state index in [0.29, 0.717) is 0 Å². The van der Waals surface area contributed by atoms with Crippen molar-refractivity contribution in [2.75, 3.05) is 0 Å². The van der Waals surface area contributed by atoms with E-state index in [1.54, 1.807) is 0 Å². The van der Waals surface area contributed by atoms with Crippen molar-refractivity contribution >= 4 is 56.3 Å². The van der Waals surface area contributed by atoms with Gasteiger partial charge in [0, 0.05) is 0 Å². The molecule has 0 unspecified atom stereocenters. The lowest BCUT2D eigenvalue weighted by Crippen LogP contribution is -2.01. The van der Waals surface area contributed by atoms with Gasteiger partial charge in [0.25, 0.3) is 0 Å². The lowest BCUT2D eigenvalue weighted by Gasteiger charge is -2.00. The molecule has 0 N–H and O–H groups in total. The van der Waals surface area contributed by atoms with E-state index >= 15 is 0 Å². The molecule has 0 atom stereocenters. The standard InChI is InChI=1S/C10H7.Al.2ClH/c1-2-6-10-8-4-3-7-9(10)5-1;;;/h1-7H;;2*1H. The minimum atomic E-state index is 0. The number of hydrogen-bond acceptors (Lipinski definition) is 0. The van der Waals surface area contributed by atoms with E-state index in [2.05, 4.69) is 58.8 Å². The highest BCUT2D eigenvalue weighted by atomic mass is 35.5. The molecule has 66 valence electrons. The molecule has 0 aromatic heterocycles. The Hall–Kier alpha value is -0.188. The molecule has 13 heavy (non-hydrogen) atoms. The van der Waals surface area contributed by atoms with Crippen LogP contribution in [-0.2, 0) is 0 Å². The summed E-state index contributed by atoms with van der Waals surface area (Å²) in [5, 5.41) is 2.63. The summed E-state index contributed by atoms with van der Waals surface area (Å²) < 4.78 is 1.27. The van der Waals surface area contributed by atoms with Crippen LogP contribution in [0, 0.1) is 0 Å². The fourth-order valence-electron chi connectivity index (χ4n) is 1.25. The van der Waals surface area contributed by atoms with Gasteiger partial charge in [-0.1, -0.05) is 42.5 Å². The average molecular weight is 227 g/mol. The van der Waals surface area contributed by atoms with Crippen molar-refractivity contribution in [1.29, 1.82) is 0 Å². The first-order valence-electron chi connectivity index (χ1n) is 3.61. The normalized spacial score (nSPS) is 8.62. The third-order valence-corrected chi connectivity index (χ3v) is 2.33. The number of halogens is 2. The maximum absolute atomic E-state index is 2.74. The highest BCUT2D eigenvalue weighted by Crippen LogP contribution is 2.08. The predicted molar refractivity (Wildman–Crippen MR) is 63.8 cm³/mol. The molecular weight excluding hydrogens is 218 g/mol. The fraction of sp³-hybridized carbons (Fsp3) is 0. The molecule has 3 heteroatoms. The van der Waals surface area contributed by atoms with Gasteiger partial charge >= 0.3 is 0 Å². The molecule has 0 aliphatic carbocycles. The highest BCUT2D eigenvalue weighted by Gasteiger charge is 1.91. The lowest BCUT2D eigenvalue weighted by atomic mass is 10.1. The summed E-state index contributed by atoms with van der Waals surface area (Å²) in [7, 11) is 0. The molecule has 0 aliphatic heterocycles. The van der Waals surface area contributed by atoms with Crippen LogP contribution in [0.4, 0.5) is 0 Å². The van der Waals surface area contributed by atoms with Crippen LogP contribution in [-0.4, -0.2) is 16.3 Å². The second kappa shape index (κ2) is 5.52. The van der Waals surface area contributed by atoms with Crippen molar-refractivity contribution < 1.29 is 0 Å². The summed E-state index contributed by atoms with van der Waals surface area (Å²) in [6.07, 6.45) is 0. The van der Waals surface area contributed by atoms with Gasteiger partial charge in [-0.25, -0.2) is 0 Å². The van der Waals surface area contributed by atoms with Gasteiger partial charge in [-0.05, 0) is 10.8 Å². The van der Waals surface area contributed by atoms with Crippen molar-refractivity contribution in [3.05, 3.63) is 42.5 Å². The minimum absolute atomic E-state index is 0. The lowest BCUT2D eigenvalue weighted by molar-refractivity contribution is 1.78. The van der Waals surface area contributed by atoms with Crippen LogP contribution in [0.2, 0.25) is 0 Å². The number of fused-ring (bicyclic) bond motifs is 1. The van der Waals surface area contributed by atoms with Gasteiger partial charge in [-0.2, -0.15) is 0 Å². The molecule has 0 spiro atoms. The molecule has 2 radical (unpaired) electrons. The van der Waals surface area contributed by atoms with Crippen LogP contribution in [0.1, 0.15) is 0 Å². The minimum Gasteiger partial charge on any atom is -0.147 e. The van der Waals surface area contributed by atoms with Gasteiger partial charge in [-0.3, -0.25) is 0 Å². The van der Waals surface area contributed by atoms with Gasteiger partial charge in [-0.15, -0.1) is 29.2 Å². The van der Waals surface area contributed by atoms with E-state index in [9.17, 15) is 0 Å². The zero-order chi connectivity index (χ0) is 7.68. The fourth-order valence-corrected chi connectivity index (χ4v) is 1.62. The van der Waals surface area contributed by atoms with Crippen LogP contribution in [0.3, 0.4) is 0 Å². The first-order chi connectivity index (χ1) is 5.38. The maximum atomic E-state index is 2.74. The summed E-state index contributed by atoms with van der Waals surface area (Å²) in [4.78, 5) is 0. The monoisotopic (exact) mass is 226 g/mol. The summed E-state index contributed by atoms with van der Waals surface area (Å²) >= 11 is 2.74. The third kappa shape index (κ3) is 2.63. The molecule has 2 aromatic carbocycles. The maximum Gasteiger partial charge on any atom is 0.176 e. The topological polar surface area (TPSA) is 0 Å². The van der Waals surface area contributed by atoms with Crippen LogP contribution < -0.4 is 4.43 Å². The van der Waals surface area contributed by atoms with Crippen LogP contribution >= 0.6 is 24.8 Å². The van der Waals surface area contributed by atoms with E-state index < -0.39 is 0 Å². The molecule has 0 saturated heterocycles. The zero-order valence-electron chi connectivity index (χ0n) is 6.94. The summed E-state index contributed by atoms with van der Waals surface area (Å²) in [5.41, 5.74) is 0. The molecule has 2 rings (SSSR count). The number of hydrogen-bond donors (Lipinski definition) is 0. The molecule has 0 nitrogen and oxygen atoms in total. The van der Waals surface area contributed by atoms with Crippen LogP contribution in [0.25, 0.3) is 10.8 Å². The number of benzene rings is 2. The van der Waals surface area contributed by atoms with E-state index in [1.807, 2.05) is 0 Å². The SMILES string of the molecule is Cl.Cl.[Al][c]1cccc2ccccc12. The predicted octanol–water partition coefficient (Wildman–Crippen LogP) is 2.48. The molecule has 0 saturated carbocycles. The Morgan fingerprint density at radius 2 is 1.38 bits per heavy atom. The molecular formula is C10H9AlCl2. The van der Waals surface area contributed by atoms with Crippen molar-refractivity contribution in [3.8, 4) is 0 Å². The third-order valence-electron chi connectivity index (χ3n) is 1.82. The Kier molecular flexibility index (Phi) is 5.44. The van der Waals surface area contributed by atoms with Crippen LogP contribution in [0.15, 0.2) is 42.5 Å². The average Bonchev–Trinajstić information content (AvgIpc) is 2.06. The Bertz CT molecular complexity index is 382. The van der Waals surface area contributed by atoms with Crippen molar-refractivity contribution in [3.63, 3.8) is 0 Å². The molecule has 0 bridgehead atoms. The molecule has 0 heterocycles. The van der Waals surface area contributed by atoms with E-state index in [4.69, 9.17) is 0 Å². The van der Waals surface area contributed by atoms with Gasteiger partial charge in [0.05, 0.1) is 0 Å². The summed E-state index contributed by atoms with van der Waals surface area (Å²) in [6.45, 7) is 0. The van der Waals surface area contributed by atoms with Crippen LogP contribution in [0.5, 0.6) is 0 Å². The largest absolute Gasteiger partial charge is 0.176 e. The van der Waals surface area contributed by atoms with Gasteiger partial charge in [0.2, 0.25) is 0 Å². The number of rotatable bonds is 0. The van der Waals surface area contributed by atoms with E-state index in [-0.39, 0.29) is 24.8 Å². The first kappa shape index (κ1) is 12.8. The van der Waals surface area contributed by atoms with E-state index in [0.717, 1.165) is 0 Å². The Labute approximate surface area is 98.6 Å². The Balaban J connectivity index is 0.000000720. The second-order valence-corrected chi connectivity index (χ2v) is 3.19. The first-order valence-corrected chi connectivity index (χ1v) is 4.19. The smallest absolute Gasteiger partial charge is 0.147 e. The van der Waals surface area contributed by atoms with Gasteiger partial charge in [0.1, 0.15) is 0 Å². The summed E-state index contributed by atoms with van der Waals surface area (Å²) in [6, 6.07) is 14.7. The van der Waals surface area contributed by atoms with E-state index in [1.165, 1.54) is 15.2 Å². The Morgan fingerprint density at radius 3 is 2.08 bits per heavy atom. The van der Waals surface area contributed by atoms with Gasteiger partial charge in [0.15, 0.2) is 16.3 Å². The van der Waals surface area contributed by atoms with Crippen molar-refractivity contribution in [1.82, 2.24) is 0 Å². The molecule has 2 aromatic rings. The van der Waals surface area contributed by atoms with Crippen molar-refractivity contribution in [2.24, 2.45) is 0 Å². The summed E-state index contributed by atoms with van der Waals surface area (Å²) in [5.74, 6) is 0.